The summed E-state index contributed by atoms with van der Waals surface area (Å²) in [5, 5.41) is 11.8. The van der Waals surface area contributed by atoms with Gasteiger partial charge in [0.15, 0.2) is 0 Å². The minimum atomic E-state index is -0.0944. The molecular formula is C12H24N2O3. The number of urea groups is 1. The highest BCUT2D eigenvalue weighted by Gasteiger charge is 2.18. The number of nitrogens with zero attached hydrogens (tertiary/aromatic N) is 1. The molecule has 1 heterocycles. The van der Waals surface area contributed by atoms with Gasteiger partial charge in [0.05, 0.1) is 12.7 Å². The van der Waals surface area contributed by atoms with Crippen LogP contribution in [0.2, 0.25) is 0 Å². The highest BCUT2D eigenvalue weighted by molar-refractivity contribution is 5.74. The summed E-state index contributed by atoms with van der Waals surface area (Å²) in [5.41, 5.74) is 0. The summed E-state index contributed by atoms with van der Waals surface area (Å²) in [6.45, 7) is 4.58. The lowest BCUT2D eigenvalue weighted by molar-refractivity contribution is 0.108. The summed E-state index contributed by atoms with van der Waals surface area (Å²) < 4.78 is 5.44. The molecule has 0 aromatic carbocycles. The Morgan fingerprint density at radius 2 is 2.35 bits per heavy atom. The quantitative estimate of drug-likeness (QED) is 0.701. The molecule has 0 aliphatic carbocycles. The maximum absolute atomic E-state index is 11.8. The topological polar surface area (TPSA) is 61.8 Å². The van der Waals surface area contributed by atoms with Crippen molar-refractivity contribution < 1.29 is 14.6 Å². The van der Waals surface area contributed by atoms with Crippen LogP contribution in [0.4, 0.5) is 4.79 Å². The summed E-state index contributed by atoms with van der Waals surface area (Å²) in [7, 11) is 0. The smallest absolute Gasteiger partial charge is 0.317 e. The lowest BCUT2D eigenvalue weighted by Gasteiger charge is -2.22. The second-order valence-electron chi connectivity index (χ2n) is 4.39. The number of aliphatic hydroxyl groups is 1. The maximum Gasteiger partial charge on any atom is 0.317 e. The van der Waals surface area contributed by atoms with Gasteiger partial charge in [0.1, 0.15) is 0 Å². The van der Waals surface area contributed by atoms with Gasteiger partial charge in [-0.15, -0.1) is 0 Å². The van der Waals surface area contributed by atoms with E-state index in [0.717, 1.165) is 32.3 Å². The van der Waals surface area contributed by atoms with Gasteiger partial charge in [-0.3, -0.25) is 0 Å². The Bertz CT molecular complexity index is 218. The zero-order chi connectivity index (χ0) is 12.5. The first-order valence-electron chi connectivity index (χ1n) is 6.53. The van der Waals surface area contributed by atoms with Gasteiger partial charge >= 0.3 is 6.03 Å². The molecule has 0 radical (unpaired) electrons. The number of hydrogen-bond acceptors (Lipinski definition) is 3. The number of hydrogen-bond donors (Lipinski definition) is 2. The van der Waals surface area contributed by atoms with Crippen LogP contribution in [0.25, 0.3) is 0 Å². The molecule has 0 bridgehead atoms. The molecule has 1 aliphatic heterocycles. The van der Waals surface area contributed by atoms with Gasteiger partial charge < -0.3 is 20.1 Å². The summed E-state index contributed by atoms with van der Waals surface area (Å²) in [6.07, 6.45) is 4.28. The van der Waals surface area contributed by atoms with Crippen molar-refractivity contribution in [2.45, 2.75) is 38.7 Å². The van der Waals surface area contributed by atoms with Gasteiger partial charge in [-0.25, -0.2) is 4.79 Å². The van der Waals surface area contributed by atoms with Crippen molar-refractivity contribution in [1.82, 2.24) is 10.2 Å². The van der Waals surface area contributed by atoms with Crippen molar-refractivity contribution in [3.05, 3.63) is 0 Å². The van der Waals surface area contributed by atoms with Crippen LogP contribution >= 0.6 is 0 Å². The zero-order valence-electron chi connectivity index (χ0n) is 10.7. The molecule has 1 aliphatic rings. The first-order valence-corrected chi connectivity index (χ1v) is 6.53. The normalized spacial score (nSPS) is 19.3. The van der Waals surface area contributed by atoms with E-state index in [0.29, 0.717) is 19.6 Å². The van der Waals surface area contributed by atoms with Crippen molar-refractivity contribution in [2.24, 2.45) is 0 Å². The molecule has 2 amide bonds. The highest BCUT2D eigenvalue weighted by Crippen LogP contribution is 2.10. The highest BCUT2D eigenvalue weighted by atomic mass is 16.5. The molecule has 17 heavy (non-hydrogen) atoms. The van der Waals surface area contributed by atoms with Gasteiger partial charge in [0.25, 0.3) is 0 Å². The summed E-state index contributed by atoms with van der Waals surface area (Å²) >= 11 is 0. The molecule has 0 aromatic heterocycles. The van der Waals surface area contributed by atoms with Crippen LogP contribution in [-0.4, -0.2) is 55.0 Å². The van der Waals surface area contributed by atoms with Crippen LogP contribution in [0.5, 0.6) is 0 Å². The van der Waals surface area contributed by atoms with Crippen LogP contribution in [0.1, 0.15) is 32.6 Å². The summed E-state index contributed by atoms with van der Waals surface area (Å²) in [6, 6.07) is -0.0944. The Kier molecular flexibility index (Phi) is 6.96. The molecule has 0 spiro atoms. The third-order valence-electron chi connectivity index (χ3n) is 2.94. The number of carbonyl (C=O) groups excluding carboxylic acids is 1. The fourth-order valence-corrected chi connectivity index (χ4v) is 1.90. The van der Waals surface area contributed by atoms with Gasteiger partial charge in [-0.1, -0.05) is 13.3 Å². The van der Waals surface area contributed by atoms with Crippen LogP contribution in [0.15, 0.2) is 0 Å². The van der Waals surface area contributed by atoms with Crippen molar-refractivity contribution in [3.63, 3.8) is 0 Å². The Labute approximate surface area is 103 Å². The standard InChI is InChI=1S/C12H24N2O3/c1-2-3-6-14(7-8-15)12(16)13-10-11-5-4-9-17-11/h11,15H,2-10H2,1H3,(H,13,16). The van der Waals surface area contributed by atoms with Crippen LogP contribution < -0.4 is 5.32 Å². The van der Waals surface area contributed by atoms with Gasteiger partial charge in [-0.05, 0) is 19.3 Å². The van der Waals surface area contributed by atoms with Gasteiger partial charge in [0, 0.05) is 26.2 Å². The molecule has 100 valence electrons. The third-order valence-corrected chi connectivity index (χ3v) is 2.94. The predicted octanol–water partition coefficient (Wildman–Crippen LogP) is 0.969. The number of rotatable bonds is 7. The maximum atomic E-state index is 11.8. The van der Waals surface area contributed by atoms with E-state index in [-0.39, 0.29) is 18.7 Å². The second-order valence-corrected chi connectivity index (χ2v) is 4.39. The van der Waals surface area contributed by atoms with Gasteiger partial charge in [-0.2, -0.15) is 0 Å². The van der Waals surface area contributed by atoms with E-state index in [4.69, 9.17) is 9.84 Å². The first-order chi connectivity index (χ1) is 8.27. The molecule has 5 heteroatoms. The Hall–Kier alpha value is -0.810. The van der Waals surface area contributed by atoms with Crippen LogP contribution in [0.3, 0.4) is 0 Å². The second kappa shape index (κ2) is 8.31. The predicted molar refractivity (Wildman–Crippen MR) is 65.9 cm³/mol. The van der Waals surface area contributed by atoms with E-state index in [9.17, 15) is 4.79 Å². The molecule has 2 N–H and O–H groups in total. The first kappa shape index (κ1) is 14.3. The fraction of sp³-hybridized carbons (Fsp3) is 0.917. The molecule has 1 unspecified atom stereocenters. The largest absolute Gasteiger partial charge is 0.395 e. The lowest BCUT2D eigenvalue weighted by atomic mass is 10.2. The molecule has 1 saturated heterocycles. The van der Waals surface area contributed by atoms with Crippen molar-refractivity contribution in [2.75, 3.05) is 32.8 Å². The molecule has 0 saturated carbocycles. The number of ether oxygens (including phenoxy) is 1. The molecule has 0 aromatic rings. The van der Waals surface area contributed by atoms with Crippen molar-refractivity contribution in [1.29, 1.82) is 0 Å². The molecule has 5 nitrogen and oxygen atoms in total. The van der Waals surface area contributed by atoms with E-state index >= 15 is 0 Å². The molecule has 1 fully saturated rings. The van der Waals surface area contributed by atoms with Crippen LogP contribution in [0, 0.1) is 0 Å². The van der Waals surface area contributed by atoms with Gasteiger partial charge in [0.2, 0.25) is 0 Å². The van der Waals surface area contributed by atoms with E-state index in [2.05, 4.69) is 12.2 Å². The summed E-state index contributed by atoms with van der Waals surface area (Å²) in [4.78, 5) is 13.5. The minimum absolute atomic E-state index is 0.0110. The minimum Gasteiger partial charge on any atom is -0.395 e. The van der Waals surface area contributed by atoms with E-state index in [1.54, 1.807) is 4.90 Å². The van der Waals surface area contributed by atoms with E-state index < -0.39 is 0 Å². The Morgan fingerprint density at radius 3 is 2.94 bits per heavy atom. The number of aliphatic hydroxyl groups excluding tert-OH is 1. The summed E-state index contributed by atoms with van der Waals surface area (Å²) in [5.74, 6) is 0. The zero-order valence-corrected chi connectivity index (χ0v) is 10.7. The fourth-order valence-electron chi connectivity index (χ4n) is 1.90. The average Bonchev–Trinajstić information content (AvgIpc) is 2.84. The number of amides is 2. The Morgan fingerprint density at radius 1 is 1.53 bits per heavy atom. The SMILES string of the molecule is CCCCN(CCO)C(=O)NCC1CCCO1. The van der Waals surface area contributed by atoms with E-state index in [1.165, 1.54) is 0 Å². The monoisotopic (exact) mass is 244 g/mol. The lowest BCUT2D eigenvalue weighted by Crippen LogP contribution is -2.44. The number of unbranched alkanes of at least 4 members (excludes halogenated alkanes) is 1. The van der Waals surface area contributed by atoms with Crippen molar-refractivity contribution in [3.8, 4) is 0 Å². The molecule has 1 rings (SSSR count). The molecule has 1 atom stereocenters. The number of nitrogens with one attached hydrogen (secondary N) is 1. The Balaban J connectivity index is 2.24. The number of carbonyl (C=O) groups is 1. The van der Waals surface area contributed by atoms with E-state index in [1.807, 2.05) is 0 Å². The molecular weight excluding hydrogens is 220 g/mol. The third kappa shape index (κ3) is 5.37. The van der Waals surface area contributed by atoms with Crippen LogP contribution in [-0.2, 0) is 4.74 Å². The average molecular weight is 244 g/mol. The van der Waals surface area contributed by atoms with Crippen molar-refractivity contribution >= 4 is 6.03 Å².